The molecule has 0 aliphatic heterocycles. The van der Waals surface area contributed by atoms with Crippen LogP contribution in [0.3, 0.4) is 0 Å². The number of allylic oxidation sites excluding steroid dienone is 2. The van der Waals surface area contributed by atoms with Crippen molar-refractivity contribution in [3.63, 3.8) is 0 Å². The maximum Gasteiger partial charge on any atom is 0.138 e. The topological polar surface area (TPSA) is 37.3 Å². The molecule has 0 saturated heterocycles. The predicted octanol–water partition coefficient (Wildman–Crippen LogP) is 1.15. The summed E-state index contributed by atoms with van der Waals surface area (Å²) in [5.74, 6) is 1.01. The number of Topliss-reactive ketones (excluding diaryl/α,β-unsaturated/α-hetero) is 1. The van der Waals surface area contributed by atoms with Crippen LogP contribution in [0.15, 0.2) is 12.2 Å². The van der Waals surface area contributed by atoms with Crippen LogP contribution >= 0.6 is 0 Å². The van der Waals surface area contributed by atoms with Gasteiger partial charge < -0.3 is 5.11 Å². The van der Waals surface area contributed by atoms with Gasteiger partial charge in [-0.1, -0.05) is 12.2 Å². The van der Waals surface area contributed by atoms with E-state index in [4.69, 9.17) is 0 Å². The highest BCUT2D eigenvalue weighted by atomic mass is 16.3. The first-order valence-electron chi connectivity index (χ1n) is 4.49. The number of hydrogen-bond acceptors (Lipinski definition) is 2. The van der Waals surface area contributed by atoms with E-state index in [1.165, 1.54) is 0 Å². The fraction of sp³-hybridized carbons (Fsp3) is 0.700. The average molecular weight is 166 g/mol. The molecule has 0 radical (unpaired) electrons. The van der Waals surface area contributed by atoms with Crippen LogP contribution in [-0.2, 0) is 4.79 Å². The molecule has 2 heteroatoms. The van der Waals surface area contributed by atoms with E-state index in [0.717, 1.165) is 12.8 Å². The van der Waals surface area contributed by atoms with Gasteiger partial charge in [0.2, 0.25) is 0 Å². The minimum absolute atomic E-state index is 0.0217. The Labute approximate surface area is 72.3 Å². The van der Waals surface area contributed by atoms with Gasteiger partial charge in [-0.3, -0.25) is 4.79 Å². The van der Waals surface area contributed by atoms with E-state index < -0.39 is 5.41 Å². The number of carbonyl (C=O) groups is 1. The Balaban J connectivity index is 2.31. The summed E-state index contributed by atoms with van der Waals surface area (Å²) in [7, 11) is 0. The number of fused-ring (bicyclic) bond motifs is 2. The van der Waals surface area contributed by atoms with Gasteiger partial charge in [-0.05, 0) is 31.6 Å². The fourth-order valence-corrected chi connectivity index (χ4v) is 2.65. The molecule has 0 amide bonds. The summed E-state index contributed by atoms with van der Waals surface area (Å²) >= 11 is 0. The largest absolute Gasteiger partial charge is 0.395 e. The SMILES string of the molecule is CC(=O)C1(CO)CC2C=CC1C2. The Morgan fingerprint density at radius 2 is 2.42 bits per heavy atom. The van der Waals surface area contributed by atoms with Crippen LogP contribution < -0.4 is 0 Å². The van der Waals surface area contributed by atoms with Gasteiger partial charge in [-0.15, -0.1) is 0 Å². The minimum atomic E-state index is -0.417. The van der Waals surface area contributed by atoms with Crippen molar-refractivity contribution in [1.82, 2.24) is 0 Å². The van der Waals surface area contributed by atoms with Crippen molar-refractivity contribution in [2.45, 2.75) is 19.8 Å². The van der Waals surface area contributed by atoms with Crippen LogP contribution in [0.1, 0.15) is 19.8 Å². The van der Waals surface area contributed by atoms with Crippen molar-refractivity contribution in [3.8, 4) is 0 Å². The summed E-state index contributed by atoms with van der Waals surface area (Å²) in [5, 5.41) is 9.25. The monoisotopic (exact) mass is 166 g/mol. The number of ketones is 1. The van der Waals surface area contributed by atoms with Gasteiger partial charge in [0.05, 0.1) is 12.0 Å². The molecule has 3 atom stereocenters. The standard InChI is InChI=1S/C10H14O2/c1-7(12)10(6-11)5-8-2-3-9(10)4-8/h2-3,8-9,11H,4-6H2,1H3. The summed E-state index contributed by atoms with van der Waals surface area (Å²) in [4.78, 5) is 11.4. The van der Waals surface area contributed by atoms with E-state index in [0.29, 0.717) is 11.8 Å². The second kappa shape index (κ2) is 2.43. The Bertz CT molecular complexity index is 244. The van der Waals surface area contributed by atoms with Gasteiger partial charge in [0.15, 0.2) is 0 Å². The molecule has 1 saturated carbocycles. The fourth-order valence-electron chi connectivity index (χ4n) is 2.65. The minimum Gasteiger partial charge on any atom is -0.395 e. The molecule has 12 heavy (non-hydrogen) atoms. The molecule has 66 valence electrons. The maximum absolute atomic E-state index is 11.4. The van der Waals surface area contributed by atoms with Gasteiger partial charge >= 0.3 is 0 Å². The normalized spacial score (nSPS) is 43.8. The van der Waals surface area contributed by atoms with Crippen LogP contribution in [0, 0.1) is 17.3 Å². The van der Waals surface area contributed by atoms with Gasteiger partial charge in [0.1, 0.15) is 5.78 Å². The third kappa shape index (κ3) is 0.816. The Kier molecular flexibility index (Phi) is 1.62. The molecule has 2 aliphatic rings. The number of hydrogen-bond donors (Lipinski definition) is 1. The van der Waals surface area contributed by atoms with E-state index in [1.807, 2.05) is 0 Å². The summed E-state index contributed by atoms with van der Waals surface area (Å²) in [6.45, 7) is 1.62. The average Bonchev–Trinajstić information content (AvgIpc) is 2.62. The molecule has 0 aromatic heterocycles. The van der Waals surface area contributed by atoms with Gasteiger partial charge in [0.25, 0.3) is 0 Å². The highest BCUT2D eigenvalue weighted by Crippen LogP contribution is 2.52. The molecule has 1 N–H and O–H groups in total. The molecule has 2 nitrogen and oxygen atoms in total. The zero-order chi connectivity index (χ0) is 8.77. The molecule has 3 unspecified atom stereocenters. The summed E-state index contributed by atoms with van der Waals surface area (Å²) in [5.41, 5.74) is -0.417. The molecule has 0 aromatic carbocycles. The molecule has 0 spiro atoms. The van der Waals surface area contributed by atoms with Crippen LogP contribution in [0.5, 0.6) is 0 Å². The van der Waals surface area contributed by atoms with E-state index >= 15 is 0 Å². The first-order chi connectivity index (χ1) is 5.69. The first-order valence-corrected chi connectivity index (χ1v) is 4.49. The number of rotatable bonds is 2. The lowest BCUT2D eigenvalue weighted by molar-refractivity contribution is -0.130. The van der Waals surface area contributed by atoms with Crippen LogP contribution in [0.4, 0.5) is 0 Å². The third-order valence-corrected chi connectivity index (χ3v) is 3.49. The molecular weight excluding hydrogens is 152 g/mol. The van der Waals surface area contributed by atoms with Crippen molar-refractivity contribution in [3.05, 3.63) is 12.2 Å². The summed E-state index contributed by atoms with van der Waals surface area (Å²) in [6.07, 6.45) is 6.22. The Morgan fingerprint density at radius 1 is 1.67 bits per heavy atom. The zero-order valence-corrected chi connectivity index (χ0v) is 7.29. The molecule has 2 aliphatic carbocycles. The summed E-state index contributed by atoms with van der Waals surface area (Å²) in [6, 6.07) is 0. The van der Waals surface area contributed by atoms with Crippen molar-refractivity contribution in [2.24, 2.45) is 17.3 Å². The summed E-state index contributed by atoms with van der Waals surface area (Å²) < 4.78 is 0. The highest BCUT2D eigenvalue weighted by molar-refractivity contribution is 5.84. The molecule has 2 bridgehead atoms. The lowest BCUT2D eigenvalue weighted by atomic mass is 9.73. The maximum atomic E-state index is 11.4. The lowest BCUT2D eigenvalue weighted by Crippen LogP contribution is -2.37. The van der Waals surface area contributed by atoms with E-state index in [2.05, 4.69) is 12.2 Å². The molecule has 0 aromatic rings. The number of aliphatic hydroxyl groups is 1. The Morgan fingerprint density at radius 3 is 2.67 bits per heavy atom. The number of carbonyl (C=O) groups excluding carboxylic acids is 1. The second-order valence-electron chi connectivity index (χ2n) is 4.06. The third-order valence-electron chi connectivity index (χ3n) is 3.49. The van der Waals surface area contributed by atoms with Crippen LogP contribution in [0.25, 0.3) is 0 Å². The quantitative estimate of drug-likeness (QED) is 0.625. The molecule has 2 rings (SSSR count). The van der Waals surface area contributed by atoms with E-state index in [-0.39, 0.29) is 12.4 Å². The smallest absolute Gasteiger partial charge is 0.138 e. The predicted molar refractivity (Wildman–Crippen MR) is 45.6 cm³/mol. The molecule has 1 fully saturated rings. The van der Waals surface area contributed by atoms with Gasteiger partial charge in [0, 0.05) is 0 Å². The molecule has 0 heterocycles. The molecular formula is C10H14O2. The van der Waals surface area contributed by atoms with Gasteiger partial charge in [-0.2, -0.15) is 0 Å². The van der Waals surface area contributed by atoms with Crippen molar-refractivity contribution in [2.75, 3.05) is 6.61 Å². The zero-order valence-electron chi connectivity index (χ0n) is 7.29. The lowest BCUT2D eigenvalue weighted by Gasteiger charge is -2.30. The van der Waals surface area contributed by atoms with Crippen LogP contribution in [-0.4, -0.2) is 17.5 Å². The Hall–Kier alpha value is -0.630. The van der Waals surface area contributed by atoms with Gasteiger partial charge in [-0.25, -0.2) is 0 Å². The van der Waals surface area contributed by atoms with Crippen molar-refractivity contribution >= 4 is 5.78 Å². The van der Waals surface area contributed by atoms with E-state index in [9.17, 15) is 9.90 Å². The van der Waals surface area contributed by atoms with E-state index in [1.54, 1.807) is 6.92 Å². The first kappa shape index (κ1) is 7.99. The second-order valence-corrected chi connectivity index (χ2v) is 4.06. The van der Waals surface area contributed by atoms with Crippen LogP contribution in [0.2, 0.25) is 0 Å². The van der Waals surface area contributed by atoms with Crippen molar-refractivity contribution < 1.29 is 9.90 Å². The van der Waals surface area contributed by atoms with Crippen molar-refractivity contribution in [1.29, 1.82) is 0 Å². The highest BCUT2D eigenvalue weighted by Gasteiger charge is 2.50. The number of aliphatic hydroxyl groups excluding tert-OH is 1.